The zero-order valence-corrected chi connectivity index (χ0v) is 10.8. The maximum Gasteiger partial charge on any atom is 0.338 e. The third kappa shape index (κ3) is 4.10. The predicted octanol–water partition coefficient (Wildman–Crippen LogP) is 2.59. The standard InChI is InChI=1S/C15H18O4/c1-2-9-18-15(16)12-3-5-13(6-4-12)19-14-7-10-17-11-8-14/h2-6,14H,1,7-11H2. The molecule has 0 bridgehead atoms. The molecule has 1 saturated heterocycles. The van der Waals surface area contributed by atoms with Crippen LogP contribution in [0.25, 0.3) is 0 Å². The first-order valence-corrected chi connectivity index (χ1v) is 6.42. The molecule has 1 heterocycles. The number of esters is 1. The molecule has 0 radical (unpaired) electrons. The van der Waals surface area contributed by atoms with Crippen LogP contribution >= 0.6 is 0 Å². The van der Waals surface area contributed by atoms with Crippen LogP contribution in [-0.2, 0) is 9.47 Å². The Bertz CT molecular complexity index is 418. The van der Waals surface area contributed by atoms with E-state index in [9.17, 15) is 4.79 Å². The fourth-order valence-electron chi connectivity index (χ4n) is 1.87. The van der Waals surface area contributed by atoms with Crippen molar-refractivity contribution in [1.29, 1.82) is 0 Å². The van der Waals surface area contributed by atoms with Gasteiger partial charge in [-0.1, -0.05) is 12.7 Å². The summed E-state index contributed by atoms with van der Waals surface area (Å²) in [7, 11) is 0. The minimum atomic E-state index is -0.350. The van der Waals surface area contributed by atoms with Gasteiger partial charge in [0.25, 0.3) is 0 Å². The number of benzene rings is 1. The molecule has 0 aromatic heterocycles. The van der Waals surface area contributed by atoms with Crippen molar-refractivity contribution in [3.63, 3.8) is 0 Å². The van der Waals surface area contributed by atoms with Crippen molar-refractivity contribution in [3.8, 4) is 5.75 Å². The normalized spacial score (nSPS) is 15.8. The lowest BCUT2D eigenvalue weighted by atomic mass is 10.1. The van der Waals surface area contributed by atoms with E-state index >= 15 is 0 Å². The van der Waals surface area contributed by atoms with Crippen LogP contribution in [0.2, 0.25) is 0 Å². The van der Waals surface area contributed by atoms with Crippen LogP contribution in [0.5, 0.6) is 5.75 Å². The van der Waals surface area contributed by atoms with E-state index in [-0.39, 0.29) is 18.7 Å². The van der Waals surface area contributed by atoms with Crippen LogP contribution in [0.4, 0.5) is 0 Å². The molecule has 1 aliphatic rings. The summed E-state index contributed by atoms with van der Waals surface area (Å²) in [6.45, 7) is 5.21. The largest absolute Gasteiger partial charge is 0.490 e. The van der Waals surface area contributed by atoms with E-state index < -0.39 is 0 Å². The summed E-state index contributed by atoms with van der Waals surface area (Å²) < 4.78 is 16.1. The first-order chi connectivity index (χ1) is 9.29. The van der Waals surface area contributed by atoms with Crippen LogP contribution in [0.3, 0.4) is 0 Å². The van der Waals surface area contributed by atoms with E-state index in [0.717, 1.165) is 31.8 Å². The molecule has 0 aliphatic carbocycles. The van der Waals surface area contributed by atoms with Gasteiger partial charge in [-0.25, -0.2) is 4.79 Å². The number of rotatable bonds is 5. The molecule has 19 heavy (non-hydrogen) atoms. The zero-order valence-electron chi connectivity index (χ0n) is 10.8. The lowest BCUT2D eigenvalue weighted by molar-refractivity contribution is 0.0255. The fourth-order valence-corrected chi connectivity index (χ4v) is 1.87. The Morgan fingerprint density at radius 3 is 2.63 bits per heavy atom. The summed E-state index contributed by atoms with van der Waals surface area (Å²) in [5, 5.41) is 0. The summed E-state index contributed by atoms with van der Waals surface area (Å²) in [6.07, 6.45) is 3.56. The Hall–Kier alpha value is -1.81. The van der Waals surface area contributed by atoms with Crippen molar-refractivity contribution < 1.29 is 19.0 Å². The highest BCUT2D eigenvalue weighted by molar-refractivity contribution is 5.89. The maximum absolute atomic E-state index is 11.6. The number of ether oxygens (including phenoxy) is 3. The van der Waals surface area contributed by atoms with Gasteiger partial charge in [-0.3, -0.25) is 0 Å². The number of hydrogen-bond acceptors (Lipinski definition) is 4. The molecule has 1 aromatic rings. The highest BCUT2D eigenvalue weighted by atomic mass is 16.5. The van der Waals surface area contributed by atoms with Crippen LogP contribution in [0, 0.1) is 0 Å². The lowest BCUT2D eigenvalue weighted by Crippen LogP contribution is -2.25. The molecule has 2 rings (SSSR count). The minimum Gasteiger partial charge on any atom is -0.490 e. The summed E-state index contributed by atoms with van der Waals surface area (Å²) in [5.74, 6) is 0.421. The molecule has 0 spiro atoms. The Kier molecular flexibility index (Phi) is 4.98. The molecule has 0 unspecified atom stereocenters. The molecule has 0 saturated carbocycles. The molecule has 0 atom stereocenters. The van der Waals surface area contributed by atoms with Crippen molar-refractivity contribution in [2.45, 2.75) is 18.9 Å². The molecule has 0 amide bonds. The topological polar surface area (TPSA) is 44.8 Å². The molecule has 102 valence electrons. The lowest BCUT2D eigenvalue weighted by Gasteiger charge is -2.23. The molecular formula is C15H18O4. The molecule has 4 nitrogen and oxygen atoms in total. The molecule has 1 aromatic carbocycles. The Labute approximate surface area is 113 Å². The van der Waals surface area contributed by atoms with Crippen molar-refractivity contribution in [3.05, 3.63) is 42.5 Å². The Morgan fingerprint density at radius 1 is 1.32 bits per heavy atom. The third-order valence-electron chi connectivity index (χ3n) is 2.89. The van der Waals surface area contributed by atoms with Crippen molar-refractivity contribution in [1.82, 2.24) is 0 Å². The van der Waals surface area contributed by atoms with E-state index in [0.29, 0.717) is 5.56 Å². The highest BCUT2D eigenvalue weighted by Crippen LogP contribution is 2.18. The Balaban J connectivity index is 1.90. The number of carbonyl (C=O) groups excluding carboxylic acids is 1. The van der Waals surface area contributed by atoms with E-state index in [2.05, 4.69) is 6.58 Å². The van der Waals surface area contributed by atoms with E-state index in [1.54, 1.807) is 30.3 Å². The first kappa shape index (κ1) is 13.6. The van der Waals surface area contributed by atoms with Crippen molar-refractivity contribution in [2.24, 2.45) is 0 Å². The quantitative estimate of drug-likeness (QED) is 0.604. The Morgan fingerprint density at radius 2 is 2.00 bits per heavy atom. The smallest absolute Gasteiger partial charge is 0.338 e. The summed E-state index contributed by atoms with van der Waals surface area (Å²) in [5.41, 5.74) is 0.515. The summed E-state index contributed by atoms with van der Waals surface area (Å²) in [6, 6.07) is 7.00. The van der Waals surface area contributed by atoms with Crippen molar-refractivity contribution >= 4 is 5.97 Å². The van der Waals surface area contributed by atoms with Gasteiger partial charge in [0.1, 0.15) is 18.5 Å². The van der Waals surface area contributed by atoms with Crippen LogP contribution in [-0.4, -0.2) is 31.9 Å². The maximum atomic E-state index is 11.6. The second-order valence-corrected chi connectivity index (χ2v) is 4.34. The van der Waals surface area contributed by atoms with Gasteiger partial charge in [-0.2, -0.15) is 0 Å². The minimum absolute atomic E-state index is 0.201. The molecular weight excluding hydrogens is 244 g/mol. The van der Waals surface area contributed by atoms with E-state index in [4.69, 9.17) is 14.2 Å². The SMILES string of the molecule is C=CCOC(=O)c1ccc(OC2CCOCC2)cc1. The second-order valence-electron chi connectivity index (χ2n) is 4.34. The average molecular weight is 262 g/mol. The van der Waals surface area contributed by atoms with Crippen LogP contribution in [0.1, 0.15) is 23.2 Å². The molecule has 1 fully saturated rings. The van der Waals surface area contributed by atoms with E-state index in [1.165, 1.54) is 0 Å². The fraction of sp³-hybridized carbons (Fsp3) is 0.400. The summed E-state index contributed by atoms with van der Waals surface area (Å²) >= 11 is 0. The molecule has 4 heteroatoms. The van der Waals surface area contributed by atoms with Crippen LogP contribution in [0.15, 0.2) is 36.9 Å². The summed E-state index contributed by atoms with van der Waals surface area (Å²) in [4.78, 5) is 11.6. The second kappa shape index (κ2) is 6.95. The zero-order chi connectivity index (χ0) is 13.5. The molecule has 0 N–H and O–H groups in total. The van der Waals surface area contributed by atoms with E-state index in [1.807, 2.05) is 0 Å². The average Bonchev–Trinajstić information content (AvgIpc) is 2.46. The molecule has 1 aliphatic heterocycles. The number of carbonyl (C=O) groups is 1. The predicted molar refractivity (Wildman–Crippen MR) is 71.4 cm³/mol. The van der Waals surface area contributed by atoms with Gasteiger partial charge < -0.3 is 14.2 Å². The number of hydrogen-bond donors (Lipinski definition) is 0. The first-order valence-electron chi connectivity index (χ1n) is 6.42. The highest BCUT2D eigenvalue weighted by Gasteiger charge is 2.15. The van der Waals surface area contributed by atoms with Crippen LogP contribution < -0.4 is 4.74 Å². The third-order valence-corrected chi connectivity index (χ3v) is 2.89. The van der Waals surface area contributed by atoms with Gasteiger partial charge in [0, 0.05) is 12.8 Å². The van der Waals surface area contributed by atoms with Gasteiger partial charge in [0.2, 0.25) is 0 Å². The van der Waals surface area contributed by atoms with Gasteiger partial charge >= 0.3 is 5.97 Å². The van der Waals surface area contributed by atoms with Crippen molar-refractivity contribution in [2.75, 3.05) is 19.8 Å². The van der Waals surface area contributed by atoms with Gasteiger partial charge in [-0.05, 0) is 24.3 Å². The van der Waals surface area contributed by atoms with Gasteiger partial charge in [-0.15, -0.1) is 0 Å². The van der Waals surface area contributed by atoms with Gasteiger partial charge in [0.15, 0.2) is 0 Å². The van der Waals surface area contributed by atoms with Gasteiger partial charge in [0.05, 0.1) is 18.8 Å². The monoisotopic (exact) mass is 262 g/mol.